The number of carbonyl (C=O) groups is 1. The highest BCUT2D eigenvalue weighted by Gasteiger charge is 2.31. The first-order chi connectivity index (χ1) is 16.7. The highest BCUT2D eigenvalue weighted by molar-refractivity contribution is 7.90. The number of aryl methyl sites for hydroxylation is 1. The number of H-pyrrole nitrogens is 1. The number of aromatic amines is 1. The Bertz CT molecular complexity index is 1510. The Hall–Kier alpha value is -3.79. The van der Waals surface area contributed by atoms with Gasteiger partial charge in [-0.2, -0.15) is 0 Å². The summed E-state index contributed by atoms with van der Waals surface area (Å²) >= 11 is 0. The zero-order valence-corrected chi connectivity index (χ0v) is 20.5. The maximum Gasteiger partial charge on any atom is 0.219 e. The molecule has 1 amide bonds. The standard InChI is InChI=1S/C25H25N5O4S/c1-15-12-27-22(14-26-15)21-9-17-10-24(34-18-6-7-25(28-13-18)35(3,32)33)19(11-20(17)29-21)23-5-4-8-30(23)16(2)31/h6-7,9-14,23,29H,4-5,8H2,1-3H3. The van der Waals surface area contributed by atoms with E-state index in [-0.39, 0.29) is 17.0 Å². The Morgan fingerprint density at radius 3 is 2.60 bits per heavy atom. The van der Waals surface area contributed by atoms with Gasteiger partial charge in [-0.1, -0.05) is 0 Å². The first kappa shape index (κ1) is 23.0. The van der Waals surface area contributed by atoms with Gasteiger partial charge in [-0.15, -0.1) is 0 Å². The van der Waals surface area contributed by atoms with E-state index in [0.717, 1.165) is 52.6 Å². The summed E-state index contributed by atoms with van der Waals surface area (Å²) in [5.74, 6) is 1.01. The minimum Gasteiger partial charge on any atom is -0.455 e. The largest absolute Gasteiger partial charge is 0.455 e. The van der Waals surface area contributed by atoms with Gasteiger partial charge in [-0.3, -0.25) is 14.8 Å². The van der Waals surface area contributed by atoms with Gasteiger partial charge in [0.15, 0.2) is 14.9 Å². The number of sulfone groups is 1. The maximum atomic E-state index is 12.3. The van der Waals surface area contributed by atoms with Crippen molar-refractivity contribution in [2.75, 3.05) is 12.8 Å². The minimum atomic E-state index is -3.41. The van der Waals surface area contributed by atoms with Crippen molar-refractivity contribution in [2.24, 2.45) is 0 Å². The van der Waals surface area contributed by atoms with Crippen molar-refractivity contribution in [1.82, 2.24) is 24.8 Å². The molecular formula is C25H25N5O4S. The summed E-state index contributed by atoms with van der Waals surface area (Å²) in [6, 6.07) is 8.80. The molecule has 10 heteroatoms. The number of carbonyl (C=O) groups excluding carboxylic acids is 1. The lowest BCUT2D eigenvalue weighted by atomic mass is 10.0. The average molecular weight is 492 g/mol. The molecule has 1 atom stereocenters. The van der Waals surface area contributed by atoms with Gasteiger partial charge in [0.1, 0.15) is 17.2 Å². The molecule has 1 fully saturated rings. The molecule has 3 aromatic heterocycles. The molecule has 5 rings (SSSR count). The van der Waals surface area contributed by atoms with Crippen molar-refractivity contribution in [1.29, 1.82) is 0 Å². The lowest BCUT2D eigenvalue weighted by molar-refractivity contribution is -0.129. The summed E-state index contributed by atoms with van der Waals surface area (Å²) in [5.41, 5.74) is 4.16. The lowest BCUT2D eigenvalue weighted by Crippen LogP contribution is -2.28. The molecule has 35 heavy (non-hydrogen) atoms. The van der Waals surface area contributed by atoms with Crippen LogP contribution in [-0.4, -0.2) is 52.0 Å². The number of aromatic nitrogens is 4. The third kappa shape index (κ3) is 4.61. The van der Waals surface area contributed by atoms with Crippen molar-refractivity contribution in [3.8, 4) is 22.9 Å². The van der Waals surface area contributed by atoms with Crippen LogP contribution in [0.2, 0.25) is 0 Å². The van der Waals surface area contributed by atoms with Gasteiger partial charge in [0.2, 0.25) is 5.91 Å². The molecule has 180 valence electrons. The highest BCUT2D eigenvalue weighted by atomic mass is 32.2. The fourth-order valence-electron chi connectivity index (χ4n) is 4.44. The topological polar surface area (TPSA) is 118 Å². The number of amides is 1. The van der Waals surface area contributed by atoms with E-state index in [0.29, 0.717) is 18.0 Å². The molecule has 1 aliphatic heterocycles. The summed E-state index contributed by atoms with van der Waals surface area (Å²) in [7, 11) is -3.41. The zero-order valence-electron chi connectivity index (χ0n) is 19.6. The van der Waals surface area contributed by atoms with Crippen molar-refractivity contribution in [3.63, 3.8) is 0 Å². The number of hydrogen-bond acceptors (Lipinski definition) is 7. The average Bonchev–Trinajstić information content (AvgIpc) is 3.46. The second-order valence-electron chi connectivity index (χ2n) is 8.78. The summed E-state index contributed by atoms with van der Waals surface area (Å²) in [6.45, 7) is 4.16. The van der Waals surface area contributed by atoms with Crippen LogP contribution in [-0.2, 0) is 14.6 Å². The molecule has 0 aliphatic carbocycles. The smallest absolute Gasteiger partial charge is 0.219 e. The molecule has 0 bridgehead atoms. The predicted molar refractivity (Wildman–Crippen MR) is 131 cm³/mol. The molecule has 1 saturated heterocycles. The summed E-state index contributed by atoms with van der Waals surface area (Å²) in [5, 5.41) is 0.891. The van der Waals surface area contributed by atoms with Crippen LogP contribution in [0, 0.1) is 6.92 Å². The van der Waals surface area contributed by atoms with Crippen LogP contribution in [0.1, 0.15) is 37.1 Å². The predicted octanol–water partition coefficient (Wildman–Crippen LogP) is 4.21. The van der Waals surface area contributed by atoms with Gasteiger partial charge in [0, 0.05) is 42.4 Å². The lowest BCUT2D eigenvalue weighted by Gasteiger charge is -2.25. The van der Waals surface area contributed by atoms with E-state index in [1.54, 1.807) is 25.4 Å². The van der Waals surface area contributed by atoms with Crippen LogP contribution >= 0.6 is 0 Å². The number of benzene rings is 1. The molecule has 0 spiro atoms. The van der Waals surface area contributed by atoms with Gasteiger partial charge < -0.3 is 14.6 Å². The zero-order chi connectivity index (χ0) is 24.7. The quantitative estimate of drug-likeness (QED) is 0.444. The summed E-state index contributed by atoms with van der Waals surface area (Å²) in [4.78, 5) is 30.4. The number of pyridine rings is 1. The summed E-state index contributed by atoms with van der Waals surface area (Å²) < 4.78 is 29.7. The molecule has 4 aromatic rings. The van der Waals surface area contributed by atoms with Gasteiger partial charge in [-0.25, -0.2) is 13.4 Å². The van der Waals surface area contributed by atoms with E-state index in [2.05, 4.69) is 19.9 Å². The molecule has 1 N–H and O–H groups in total. The Balaban J connectivity index is 1.59. The van der Waals surface area contributed by atoms with Crippen LogP contribution in [0.25, 0.3) is 22.3 Å². The molecule has 0 saturated carbocycles. The number of fused-ring (bicyclic) bond motifs is 1. The SMILES string of the molecule is CC(=O)N1CCCC1c1cc2[nH]c(-c3cnc(C)cn3)cc2cc1Oc1ccc(S(C)(=O)=O)nc1. The van der Waals surface area contributed by atoms with Crippen LogP contribution in [0.4, 0.5) is 0 Å². The van der Waals surface area contributed by atoms with Crippen molar-refractivity contribution < 1.29 is 17.9 Å². The Morgan fingerprint density at radius 1 is 1.11 bits per heavy atom. The summed E-state index contributed by atoms with van der Waals surface area (Å²) in [6.07, 6.45) is 7.68. The normalized spacial score (nSPS) is 16.1. The Kier molecular flexibility index (Phi) is 5.76. The van der Waals surface area contributed by atoms with Gasteiger partial charge in [0.05, 0.1) is 29.8 Å². The molecule has 1 aromatic carbocycles. The monoisotopic (exact) mass is 491 g/mol. The fourth-order valence-corrected chi connectivity index (χ4v) is 4.99. The number of nitrogens with one attached hydrogen (secondary N) is 1. The molecule has 4 heterocycles. The van der Waals surface area contributed by atoms with Crippen LogP contribution in [0.5, 0.6) is 11.5 Å². The number of rotatable bonds is 5. The van der Waals surface area contributed by atoms with Gasteiger partial charge in [0.25, 0.3) is 0 Å². The maximum absolute atomic E-state index is 12.3. The Labute approximate surface area is 203 Å². The third-order valence-corrected chi connectivity index (χ3v) is 7.14. The highest BCUT2D eigenvalue weighted by Crippen LogP contribution is 2.41. The van der Waals surface area contributed by atoms with E-state index >= 15 is 0 Å². The van der Waals surface area contributed by atoms with E-state index in [1.807, 2.05) is 30.0 Å². The number of nitrogens with zero attached hydrogens (tertiary/aromatic N) is 4. The van der Waals surface area contributed by atoms with Gasteiger partial charge >= 0.3 is 0 Å². The van der Waals surface area contributed by atoms with E-state index < -0.39 is 9.84 Å². The van der Waals surface area contributed by atoms with Crippen LogP contribution in [0.15, 0.2) is 53.9 Å². The molecule has 1 unspecified atom stereocenters. The molecule has 9 nitrogen and oxygen atoms in total. The molecule has 1 aliphatic rings. The third-order valence-electron chi connectivity index (χ3n) is 6.14. The van der Waals surface area contributed by atoms with E-state index in [1.165, 1.54) is 12.3 Å². The van der Waals surface area contributed by atoms with Gasteiger partial charge in [-0.05, 0) is 50.1 Å². The fraction of sp³-hybridized carbons (Fsp3) is 0.280. The number of hydrogen-bond donors (Lipinski definition) is 1. The second-order valence-corrected chi connectivity index (χ2v) is 10.7. The van der Waals surface area contributed by atoms with Crippen molar-refractivity contribution in [3.05, 3.63) is 60.2 Å². The Morgan fingerprint density at radius 2 is 1.94 bits per heavy atom. The van der Waals surface area contributed by atoms with Crippen molar-refractivity contribution >= 4 is 26.6 Å². The number of likely N-dealkylation sites (tertiary alicyclic amines) is 1. The second kappa shape index (κ2) is 8.77. The number of ether oxygens (including phenoxy) is 1. The first-order valence-electron chi connectivity index (χ1n) is 11.3. The van der Waals surface area contributed by atoms with Crippen LogP contribution in [0.3, 0.4) is 0 Å². The van der Waals surface area contributed by atoms with E-state index in [4.69, 9.17) is 4.74 Å². The first-order valence-corrected chi connectivity index (χ1v) is 13.1. The van der Waals surface area contributed by atoms with E-state index in [9.17, 15) is 13.2 Å². The van der Waals surface area contributed by atoms with Crippen molar-refractivity contribution in [2.45, 2.75) is 37.8 Å². The van der Waals surface area contributed by atoms with Crippen LogP contribution < -0.4 is 4.74 Å². The molecule has 0 radical (unpaired) electrons. The minimum absolute atomic E-state index is 0.0137. The molecular weight excluding hydrogens is 466 g/mol.